The molecule has 0 saturated carbocycles. The number of amides is 1. The van der Waals surface area contributed by atoms with Crippen molar-refractivity contribution in [1.29, 1.82) is 0 Å². The minimum atomic E-state index is -0.456. The predicted molar refractivity (Wildman–Crippen MR) is 101 cm³/mol. The normalized spacial score (nSPS) is 11.7. The second-order valence-corrected chi connectivity index (χ2v) is 6.72. The summed E-state index contributed by atoms with van der Waals surface area (Å²) in [6.45, 7) is 1.76. The number of pyridine rings is 1. The maximum Gasteiger partial charge on any atom is 0.277 e. The molecule has 0 radical (unpaired) electrons. The van der Waals surface area contributed by atoms with Gasteiger partial charge in [0.25, 0.3) is 5.22 Å². The van der Waals surface area contributed by atoms with Crippen LogP contribution in [-0.4, -0.2) is 40.6 Å². The predicted octanol–water partition coefficient (Wildman–Crippen LogP) is 3.27. The molecule has 2 aromatic heterocycles. The molecule has 9 heteroatoms. The molecular formula is C18H18N4O4S. The van der Waals surface area contributed by atoms with Gasteiger partial charge in [0, 0.05) is 24.0 Å². The maximum absolute atomic E-state index is 12.5. The van der Waals surface area contributed by atoms with Crippen molar-refractivity contribution in [2.75, 3.05) is 19.5 Å². The van der Waals surface area contributed by atoms with E-state index in [1.54, 1.807) is 56.8 Å². The molecule has 0 bridgehead atoms. The zero-order valence-electron chi connectivity index (χ0n) is 15.0. The summed E-state index contributed by atoms with van der Waals surface area (Å²) in [4.78, 5) is 16.4. The van der Waals surface area contributed by atoms with Crippen molar-refractivity contribution >= 4 is 23.4 Å². The van der Waals surface area contributed by atoms with Crippen molar-refractivity contribution in [2.24, 2.45) is 0 Å². The van der Waals surface area contributed by atoms with Crippen molar-refractivity contribution in [3.8, 4) is 23.0 Å². The molecule has 1 aromatic carbocycles. The number of hydrogen-bond acceptors (Lipinski definition) is 8. The lowest BCUT2D eigenvalue weighted by molar-refractivity contribution is -0.115. The third-order valence-electron chi connectivity index (χ3n) is 3.65. The van der Waals surface area contributed by atoms with Crippen LogP contribution in [0.25, 0.3) is 11.5 Å². The van der Waals surface area contributed by atoms with E-state index in [-0.39, 0.29) is 5.91 Å². The Morgan fingerprint density at radius 3 is 2.63 bits per heavy atom. The molecule has 0 fully saturated rings. The van der Waals surface area contributed by atoms with Gasteiger partial charge in [0.05, 0.1) is 25.2 Å². The van der Waals surface area contributed by atoms with E-state index in [9.17, 15) is 4.79 Å². The zero-order chi connectivity index (χ0) is 19.2. The van der Waals surface area contributed by atoms with E-state index in [1.807, 2.05) is 0 Å². The molecule has 1 N–H and O–H groups in total. The zero-order valence-corrected chi connectivity index (χ0v) is 15.8. The fourth-order valence-electron chi connectivity index (χ4n) is 2.21. The summed E-state index contributed by atoms with van der Waals surface area (Å²) in [5.41, 5.74) is 1.32. The minimum Gasteiger partial charge on any atom is -0.497 e. The number of hydrogen-bond donors (Lipinski definition) is 1. The lowest BCUT2D eigenvalue weighted by atomic mass is 10.2. The van der Waals surface area contributed by atoms with Crippen LogP contribution >= 0.6 is 11.8 Å². The van der Waals surface area contributed by atoms with Crippen molar-refractivity contribution in [2.45, 2.75) is 17.4 Å². The van der Waals surface area contributed by atoms with Crippen LogP contribution in [0.3, 0.4) is 0 Å². The highest BCUT2D eigenvalue weighted by molar-refractivity contribution is 8.00. The van der Waals surface area contributed by atoms with Crippen LogP contribution in [0.4, 0.5) is 5.69 Å². The Labute approximate surface area is 160 Å². The fraction of sp³-hybridized carbons (Fsp3) is 0.222. The maximum atomic E-state index is 12.5. The van der Waals surface area contributed by atoms with Crippen molar-refractivity contribution in [3.63, 3.8) is 0 Å². The molecule has 1 atom stereocenters. The van der Waals surface area contributed by atoms with Crippen molar-refractivity contribution in [1.82, 2.24) is 15.2 Å². The molecule has 8 nitrogen and oxygen atoms in total. The number of benzene rings is 1. The number of nitrogens with one attached hydrogen (secondary N) is 1. The number of ether oxygens (including phenoxy) is 2. The largest absolute Gasteiger partial charge is 0.497 e. The third kappa shape index (κ3) is 4.56. The van der Waals surface area contributed by atoms with Gasteiger partial charge in [-0.3, -0.25) is 9.78 Å². The first-order chi connectivity index (χ1) is 13.1. The number of anilines is 1. The number of carbonyl (C=O) groups is 1. The lowest BCUT2D eigenvalue weighted by Gasteiger charge is -2.13. The standard InChI is InChI=1S/C18H18N4O4S/c1-11(16(23)20-14-5-4-13(24-2)10-15(14)25-3)27-18-22-21-17(26-18)12-6-8-19-9-7-12/h4-11H,1-3H3,(H,20,23)/t11-/m1/s1. The van der Waals surface area contributed by atoms with Gasteiger partial charge in [0.15, 0.2) is 0 Å². The van der Waals surface area contributed by atoms with Crippen LogP contribution in [0.5, 0.6) is 11.5 Å². The van der Waals surface area contributed by atoms with E-state index < -0.39 is 5.25 Å². The lowest BCUT2D eigenvalue weighted by Crippen LogP contribution is -2.22. The van der Waals surface area contributed by atoms with E-state index in [2.05, 4.69) is 20.5 Å². The Balaban J connectivity index is 1.65. The molecular weight excluding hydrogens is 368 g/mol. The molecule has 0 unspecified atom stereocenters. The van der Waals surface area contributed by atoms with Gasteiger partial charge in [-0.05, 0) is 31.2 Å². The molecule has 2 heterocycles. The van der Waals surface area contributed by atoms with Crippen LogP contribution in [0.2, 0.25) is 0 Å². The number of aromatic nitrogens is 3. The molecule has 140 valence electrons. The Hall–Kier alpha value is -3.07. The highest BCUT2D eigenvalue weighted by Crippen LogP contribution is 2.31. The first-order valence-electron chi connectivity index (χ1n) is 8.04. The van der Waals surface area contributed by atoms with Crippen LogP contribution in [-0.2, 0) is 4.79 Å². The molecule has 0 spiro atoms. The van der Waals surface area contributed by atoms with E-state index in [0.29, 0.717) is 28.3 Å². The average Bonchev–Trinajstić information content (AvgIpc) is 3.17. The Kier molecular flexibility index (Phi) is 5.92. The van der Waals surface area contributed by atoms with Gasteiger partial charge in [0.1, 0.15) is 11.5 Å². The van der Waals surface area contributed by atoms with Crippen LogP contribution in [0.15, 0.2) is 52.4 Å². The van der Waals surface area contributed by atoms with Gasteiger partial charge in [-0.15, -0.1) is 10.2 Å². The van der Waals surface area contributed by atoms with E-state index in [0.717, 1.165) is 5.56 Å². The summed E-state index contributed by atoms with van der Waals surface area (Å²) in [6, 6.07) is 8.71. The van der Waals surface area contributed by atoms with Crippen molar-refractivity contribution < 1.29 is 18.7 Å². The Bertz CT molecular complexity index is 917. The summed E-state index contributed by atoms with van der Waals surface area (Å²) in [7, 11) is 3.10. The summed E-state index contributed by atoms with van der Waals surface area (Å²) in [5, 5.41) is 10.7. The van der Waals surface area contributed by atoms with Gasteiger partial charge in [0.2, 0.25) is 11.8 Å². The molecule has 0 aliphatic carbocycles. The molecule has 27 heavy (non-hydrogen) atoms. The molecule has 0 aliphatic heterocycles. The van der Waals surface area contributed by atoms with Crippen molar-refractivity contribution in [3.05, 3.63) is 42.7 Å². The Morgan fingerprint density at radius 2 is 1.93 bits per heavy atom. The SMILES string of the molecule is COc1ccc(NC(=O)[C@@H](C)Sc2nnc(-c3ccncc3)o2)c(OC)c1. The summed E-state index contributed by atoms with van der Waals surface area (Å²) in [5.74, 6) is 1.32. The van der Waals surface area contributed by atoms with Gasteiger partial charge in [-0.1, -0.05) is 11.8 Å². The molecule has 3 rings (SSSR count). The molecule has 1 amide bonds. The van der Waals surface area contributed by atoms with E-state index in [1.165, 1.54) is 18.9 Å². The summed E-state index contributed by atoms with van der Waals surface area (Å²) < 4.78 is 16.1. The summed E-state index contributed by atoms with van der Waals surface area (Å²) in [6.07, 6.45) is 3.29. The summed E-state index contributed by atoms with van der Waals surface area (Å²) >= 11 is 1.17. The second-order valence-electron chi connectivity index (χ2n) is 5.42. The molecule has 0 saturated heterocycles. The number of carbonyl (C=O) groups excluding carboxylic acids is 1. The number of methoxy groups -OCH3 is 2. The number of thioether (sulfide) groups is 1. The first kappa shape index (κ1) is 18.7. The average molecular weight is 386 g/mol. The highest BCUT2D eigenvalue weighted by atomic mass is 32.2. The topological polar surface area (TPSA) is 99.4 Å². The smallest absolute Gasteiger partial charge is 0.277 e. The third-order valence-corrected chi connectivity index (χ3v) is 4.58. The van der Waals surface area contributed by atoms with Gasteiger partial charge in [-0.25, -0.2) is 0 Å². The highest BCUT2D eigenvalue weighted by Gasteiger charge is 2.20. The van der Waals surface area contributed by atoms with Crippen LogP contribution in [0.1, 0.15) is 6.92 Å². The quantitative estimate of drug-likeness (QED) is 0.618. The number of nitrogens with zero attached hydrogens (tertiary/aromatic N) is 3. The van der Waals surface area contributed by atoms with E-state index >= 15 is 0 Å². The Morgan fingerprint density at radius 1 is 1.15 bits per heavy atom. The van der Waals surface area contributed by atoms with E-state index in [4.69, 9.17) is 13.9 Å². The first-order valence-corrected chi connectivity index (χ1v) is 8.92. The van der Waals surface area contributed by atoms with Gasteiger partial charge in [-0.2, -0.15) is 0 Å². The number of rotatable bonds is 7. The second kappa shape index (κ2) is 8.54. The van der Waals surface area contributed by atoms with Gasteiger partial charge < -0.3 is 19.2 Å². The van der Waals surface area contributed by atoms with Gasteiger partial charge >= 0.3 is 0 Å². The van der Waals surface area contributed by atoms with Crippen LogP contribution < -0.4 is 14.8 Å². The monoisotopic (exact) mass is 386 g/mol. The fourth-order valence-corrected chi connectivity index (χ4v) is 2.89. The molecule has 0 aliphatic rings. The molecule has 3 aromatic rings. The minimum absolute atomic E-state index is 0.216. The van der Waals surface area contributed by atoms with Crippen LogP contribution in [0, 0.1) is 0 Å².